The van der Waals surface area contributed by atoms with Crippen molar-refractivity contribution in [1.29, 1.82) is 0 Å². The van der Waals surface area contributed by atoms with Crippen LogP contribution in [0.25, 0.3) is 0 Å². The zero-order valence-corrected chi connectivity index (χ0v) is 7.44. The van der Waals surface area contributed by atoms with Gasteiger partial charge < -0.3 is 5.11 Å². The van der Waals surface area contributed by atoms with Gasteiger partial charge in [0.25, 0.3) is 0 Å². The van der Waals surface area contributed by atoms with Crippen molar-refractivity contribution in [3.05, 3.63) is 0 Å². The van der Waals surface area contributed by atoms with Gasteiger partial charge in [-0.25, -0.2) is 0 Å². The first kappa shape index (κ1) is 8.06. The van der Waals surface area contributed by atoms with Crippen LogP contribution in [0.15, 0.2) is 0 Å². The van der Waals surface area contributed by atoms with Crippen molar-refractivity contribution in [2.45, 2.75) is 46.1 Å². The molecule has 0 radical (unpaired) electrons. The second-order valence-corrected chi connectivity index (χ2v) is 4.44. The lowest BCUT2D eigenvalue weighted by atomic mass is 9.74. The molecule has 1 heteroatoms. The zero-order valence-electron chi connectivity index (χ0n) is 7.44. The molecule has 0 saturated heterocycles. The highest BCUT2D eigenvalue weighted by Gasteiger charge is 2.48. The maximum atomic E-state index is 9.89. The molecular formula is C9H18O. The smallest absolute Gasteiger partial charge is 0.0673 e. The summed E-state index contributed by atoms with van der Waals surface area (Å²) >= 11 is 0. The van der Waals surface area contributed by atoms with Crippen LogP contribution in [0.3, 0.4) is 0 Å². The highest BCUT2D eigenvalue weighted by atomic mass is 16.3. The van der Waals surface area contributed by atoms with Crippen LogP contribution in [-0.4, -0.2) is 10.7 Å². The van der Waals surface area contributed by atoms with Crippen molar-refractivity contribution >= 4 is 0 Å². The Morgan fingerprint density at radius 1 is 1.30 bits per heavy atom. The number of hydrogen-bond acceptors (Lipinski definition) is 1. The number of aliphatic hydroxyl groups is 1. The first-order chi connectivity index (χ1) is 4.38. The van der Waals surface area contributed by atoms with Crippen molar-refractivity contribution in [3.63, 3.8) is 0 Å². The van der Waals surface area contributed by atoms with Gasteiger partial charge in [0, 0.05) is 0 Å². The Bertz CT molecular complexity index is 136. The highest BCUT2D eigenvalue weighted by molar-refractivity contribution is 4.98. The predicted octanol–water partition coefficient (Wildman–Crippen LogP) is 2.19. The molecule has 0 aromatic carbocycles. The van der Waals surface area contributed by atoms with E-state index in [1.165, 1.54) is 6.42 Å². The molecule has 1 fully saturated rings. The van der Waals surface area contributed by atoms with Crippen molar-refractivity contribution in [1.82, 2.24) is 0 Å². The van der Waals surface area contributed by atoms with E-state index in [1.807, 2.05) is 6.92 Å². The highest BCUT2D eigenvalue weighted by Crippen LogP contribution is 2.49. The van der Waals surface area contributed by atoms with E-state index in [1.54, 1.807) is 0 Å². The summed E-state index contributed by atoms with van der Waals surface area (Å²) in [6.07, 6.45) is 2.13. The van der Waals surface area contributed by atoms with Gasteiger partial charge >= 0.3 is 0 Å². The van der Waals surface area contributed by atoms with Crippen LogP contribution in [-0.2, 0) is 0 Å². The molecule has 0 bridgehead atoms. The first-order valence-electron chi connectivity index (χ1n) is 4.10. The summed E-state index contributed by atoms with van der Waals surface area (Å²) in [5.41, 5.74) is -0.334. The lowest BCUT2D eigenvalue weighted by molar-refractivity contribution is -0.0395. The molecule has 0 heterocycles. The van der Waals surface area contributed by atoms with E-state index in [2.05, 4.69) is 20.8 Å². The molecule has 0 aliphatic heterocycles. The molecule has 0 unspecified atom stereocenters. The van der Waals surface area contributed by atoms with Crippen molar-refractivity contribution < 1.29 is 5.11 Å². The molecule has 2 atom stereocenters. The van der Waals surface area contributed by atoms with E-state index in [0.29, 0.717) is 5.92 Å². The monoisotopic (exact) mass is 142 g/mol. The van der Waals surface area contributed by atoms with Crippen LogP contribution < -0.4 is 0 Å². The van der Waals surface area contributed by atoms with E-state index in [0.717, 1.165) is 6.42 Å². The summed E-state index contributed by atoms with van der Waals surface area (Å²) in [5, 5.41) is 9.89. The molecule has 1 nitrogen and oxygen atoms in total. The largest absolute Gasteiger partial charge is 0.390 e. The Morgan fingerprint density at radius 3 is 1.90 bits per heavy atom. The number of rotatable bonds is 0. The van der Waals surface area contributed by atoms with E-state index in [4.69, 9.17) is 0 Å². The molecule has 1 aliphatic rings. The van der Waals surface area contributed by atoms with Crippen molar-refractivity contribution in [2.75, 3.05) is 0 Å². The molecule has 1 rings (SSSR count). The third-order valence-electron chi connectivity index (χ3n) is 3.68. The van der Waals surface area contributed by atoms with E-state index in [-0.39, 0.29) is 5.41 Å². The van der Waals surface area contributed by atoms with E-state index in [9.17, 15) is 5.11 Å². The summed E-state index contributed by atoms with van der Waals surface area (Å²) in [6.45, 7) is 8.49. The first-order valence-corrected chi connectivity index (χ1v) is 4.10. The second-order valence-electron chi connectivity index (χ2n) is 4.44. The average Bonchev–Trinajstić information content (AvgIpc) is 1.94. The lowest BCUT2D eigenvalue weighted by Gasteiger charge is -2.36. The summed E-state index contributed by atoms with van der Waals surface area (Å²) in [6, 6.07) is 0. The fourth-order valence-electron chi connectivity index (χ4n) is 1.71. The lowest BCUT2D eigenvalue weighted by Crippen LogP contribution is -2.39. The van der Waals surface area contributed by atoms with Gasteiger partial charge in [-0.15, -0.1) is 0 Å². The van der Waals surface area contributed by atoms with Crippen molar-refractivity contribution in [2.24, 2.45) is 11.3 Å². The predicted molar refractivity (Wildman–Crippen MR) is 42.8 cm³/mol. The second kappa shape index (κ2) is 1.97. The zero-order chi connectivity index (χ0) is 7.99. The maximum absolute atomic E-state index is 9.89. The van der Waals surface area contributed by atoms with E-state index >= 15 is 0 Å². The quantitative estimate of drug-likeness (QED) is 0.549. The van der Waals surface area contributed by atoms with Crippen molar-refractivity contribution in [3.8, 4) is 0 Å². The van der Waals surface area contributed by atoms with Gasteiger partial charge in [0.1, 0.15) is 0 Å². The minimum absolute atomic E-state index is 0.104. The van der Waals surface area contributed by atoms with Crippen LogP contribution in [0.2, 0.25) is 0 Å². The molecule has 1 saturated carbocycles. The fourth-order valence-corrected chi connectivity index (χ4v) is 1.71. The minimum atomic E-state index is -0.438. The Labute approximate surface area is 63.4 Å². The third-order valence-corrected chi connectivity index (χ3v) is 3.68. The van der Waals surface area contributed by atoms with Crippen LogP contribution >= 0.6 is 0 Å². The van der Waals surface area contributed by atoms with Gasteiger partial charge in [-0.05, 0) is 31.1 Å². The van der Waals surface area contributed by atoms with Crippen LogP contribution in [0.4, 0.5) is 0 Å². The van der Waals surface area contributed by atoms with Gasteiger partial charge in [-0.1, -0.05) is 20.8 Å². The molecule has 0 aromatic rings. The topological polar surface area (TPSA) is 20.2 Å². The van der Waals surface area contributed by atoms with Crippen LogP contribution in [0.5, 0.6) is 0 Å². The minimum Gasteiger partial charge on any atom is -0.390 e. The van der Waals surface area contributed by atoms with Gasteiger partial charge in [0.05, 0.1) is 5.60 Å². The Morgan fingerprint density at radius 2 is 1.80 bits per heavy atom. The average molecular weight is 142 g/mol. The fraction of sp³-hybridized carbons (Fsp3) is 1.00. The van der Waals surface area contributed by atoms with Crippen LogP contribution in [0, 0.1) is 11.3 Å². The van der Waals surface area contributed by atoms with Gasteiger partial charge in [0.15, 0.2) is 0 Å². The molecule has 0 spiro atoms. The van der Waals surface area contributed by atoms with Crippen LogP contribution in [0.1, 0.15) is 40.5 Å². The van der Waals surface area contributed by atoms with E-state index < -0.39 is 5.60 Å². The SMILES string of the molecule is C[C@H]1CC[C@](C)(O)C1(C)C. The van der Waals surface area contributed by atoms with Gasteiger partial charge in [0.2, 0.25) is 0 Å². The summed E-state index contributed by atoms with van der Waals surface area (Å²) in [4.78, 5) is 0. The molecule has 0 amide bonds. The summed E-state index contributed by atoms with van der Waals surface area (Å²) in [7, 11) is 0. The molecular weight excluding hydrogens is 124 g/mol. The third kappa shape index (κ3) is 0.878. The van der Waals surface area contributed by atoms with Gasteiger partial charge in [-0.2, -0.15) is 0 Å². The molecule has 1 aliphatic carbocycles. The van der Waals surface area contributed by atoms with Gasteiger partial charge in [-0.3, -0.25) is 0 Å². The summed E-state index contributed by atoms with van der Waals surface area (Å²) in [5.74, 6) is 0.655. The molecule has 60 valence electrons. The molecule has 10 heavy (non-hydrogen) atoms. The number of hydrogen-bond donors (Lipinski definition) is 1. The Kier molecular flexibility index (Phi) is 1.59. The standard InChI is InChI=1S/C9H18O/c1-7-5-6-9(4,10)8(7,2)3/h7,10H,5-6H2,1-4H3/t7-,9-/m0/s1. The maximum Gasteiger partial charge on any atom is 0.0673 e. The Balaban J connectivity index is 2.84. The Hall–Kier alpha value is -0.0400. The molecule has 1 N–H and O–H groups in total. The normalized spacial score (nSPS) is 45.9. The molecule has 0 aromatic heterocycles. The summed E-state index contributed by atoms with van der Waals surface area (Å²) < 4.78 is 0.